The van der Waals surface area contributed by atoms with Crippen LogP contribution in [0.2, 0.25) is 0 Å². The molecule has 2 aliphatic rings. The lowest BCUT2D eigenvalue weighted by atomic mass is 9.86. The third-order valence-corrected chi connectivity index (χ3v) is 5.59. The molecule has 1 aliphatic heterocycles. The van der Waals surface area contributed by atoms with Crippen LogP contribution in [0.3, 0.4) is 0 Å². The number of hydrogen-bond donors (Lipinski definition) is 2. The lowest BCUT2D eigenvalue weighted by molar-refractivity contribution is 0.302. The zero-order chi connectivity index (χ0) is 16.8. The molecule has 1 saturated carbocycles. The summed E-state index contributed by atoms with van der Waals surface area (Å²) in [4.78, 5) is 6.74. The number of hydrogen-bond acceptors (Lipinski definition) is 4. The van der Waals surface area contributed by atoms with Crippen molar-refractivity contribution >= 4 is 5.96 Å². The fraction of sp³-hybridized carbons (Fsp3) is 0.650. The summed E-state index contributed by atoms with van der Waals surface area (Å²) in [6.07, 6.45) is 12.0. The minimum atomic E-state index is 0.320. The molecule has 0 saturated heterocycles. The van der Waals surface area contributed by atoms with E-state index in [1.54, 1.807) is 12.1 Å². The van der Waals surface area contributed by atoms with E-state index in [0.29, 0.717) is 17.8 Å². The van der Waals surface area contributed by atoms with E-state index in [2.05, 4.69) is 9.89 Å². The van der Waals surface area contributed by atoms with Crippen molar-refractivity contribution in [1.29, 1.82) is 0 Å². The fourth-order valence-electron chi connectivity index (χ4n) is 4.14. The van der Waals surface area contributed by atoms with Crippen LogP contribution in [0.4, 0.5) is 0 Å². The van der Waals surface area contributed by atoms with E-state index < -0.39 is 0 Å². The summed E-state index contributed by atoms with van der Waals surface area (Å²) in [5, 5.41) is 9.41. The van der Waals surface area contributed by atoms with Gasteiger partial charge in [0.15, 0.2) is 5.96 Å². The largest absolute Gasteiger partial charge is 0.508 e. The van der Waals surface area contributed by atoms with Crippen molar-refractivity contribution in [2.24, 2.45) is 16.6 Å². The van der Waals surface area contributed by atoms with Crippen LogP contribution in [0.25, 0.3) is 0 Å². The van der Waals surface area contributed by atoms with Crippen LogP contribution in [0, 0.1) is 5.92 Å². The minimum absolute atomic E-state index is 0.320. The van der Waals surface area contributed by atoms with Crippen molar-refractivity contribution in [3.05, 3.63) is 29.8 Å². The normalized spacial score (nSPS) is 21.9. The average molecular weight is 329 g/mol. The van der Waals surface area contributed by atoms with Crippen molar-refractivity contribution < 1.29 is 5.11 Å². The molecule has 132 valence electrons. The van der Waals surface area contributed by atoms with E-state index in [4.69, 9.17) is 5.73 Å². The van der Waals surface area contributed by atoms with Gasteiger partial charge in [-0.1, -0.05) is 57.1 Å². The van der Waals surface area contributed by atoms with Crippen LogP contribution < -0.4 is 5.73 Å². The summed E-state index contributed by atoms with van der Waals surface area (Å²) in [6, 6.07) is 7.85. The number of rotatable bonds is 7. The number of aliphatic imine (C=N–C) groups is 1. The third kappa shape index (κ3) is 4.65. The Bertz CT molecular complexity index is 534. The molecule has 3 rings (SSSR count). The first-order chi connectivity index (χ1) is 11.7. The second kappa shape index (κ2) is 8.41. The van der Waals surface area contributed by atoms with E-state index in [9.17, 15) is 5.11 Å². The Kier molecular flexibility index (Phi) is 6.00. The van der Waals surface area contributed by atoms with Crippen molar-refractivity contribution in [3.8, 4) is 5.75 Å². The van der Waals surface area contributed by atoms with Gasteiger partial charge in [-0.25, -0.2) is 0 Å². The van der Waals surface area contributed by atoms with Gasteiger partial charge in [-0.3, -0.25) is 4.99 Å². The Balaban J connectivity index is 1.43. The number of aromatic hydroxyl groups is 1. The van der Waals surface area contributed by atoms with Crippen molar-refractivity contribution in [3.63, 3.8) is 0 Å². The Morgan fingerprint density at radius 1 is 1.08 bits per heavy atom. The molecular weight excluding hydrogens is 298 g/mol. The van der Waals surface area contributed by atoms with E-state index >= 15 is 0 Å². The van der Waals surface area contributed by atoms with Gasteiger partial charge in [-0.05, 0) is 36.5 Å². The molecule has 24 heavy (non-hydrogen) atoms. The van der Waals surface area contributed by atoms with Crippen LogP contribution in [-0.2, 0) is 6.42 Å². The zero-order valence-electron chi connectivity index (χ0n) is 14.7. The molecule has 0 amide bonds. The molecule has 1 aliphatic carbocycles. The van der Waals surface area contributed by atoms with Crippen LogP contribution in [0.15, 0.2) is 29.3 Å². The monoisotopic (exact) mass is 329 g/mol. The minimum Gasteiger partial charge on any atom is -0.508 e. The molecule has 3 N–H and O–H groups in total. The van der Waals surface area contributed by atoms with Crippen LogP contribution in [0.1, 0.15) is 56.9 Å². The second-order valence-corrected chi connectivity index (χ2v) is 7.42. The lowest BCUT2D eigenvalue weighted by Crippen LogP contribution is -2.42. The van der Waals surface area contributed by atoms with Crippen molar-refractivity contribution in [1.82, 2.24) is 4.90 Å². The summed E-state index contributed by atoms with van der Waals surface area (Å²) in [7, 11) is 0. The predicted octanol–water partition coefficient (Wildman–Crippen LogP) is 3.68. The van der Waals surface area contributed by atoms with E-state index in [1.807, 2.05) is 12.1 Å². The van der Waals surface area contributed by atoms with Crippen LogP contribution in [0.5, 0.6) is 5.75 Å². The SMILES string of the molecule is NC1=NC[C@H](Cc2ccc(O)cc2)N1CCCCC1CCCCC1. The Labute approximate surface area is 145 Å². The third-order valence-electron chi connectivity index (χ3n) is 5.59. The Hall–Kier alpha value is -1.71. The first kappa shape index (κ1) is 17.1. The van der Waals surface area contributed by atoms with Gasteiger partial charge in [0, 0.05) is 6.54 Å². The lowest BCUT2D eigenvalue weighted by Gasteiger charge is -2.27. The highest BCUT2D eigenvalue weighted by Crippen LogP contribution is 2.28. The quantitative estimate of drug-likeness (QED) is 0.750. The van der Waals surface area contributed by atoms with Gasteiger partial charge >= 0.3 is 0 Å². The predicted molar refractivity (Wildman–Crippen MR) is 99.2 cm³/mol. The molecule has 1 fully saturated rings. The highest BCUT2D eigenvalue weighted by atomic mass is 16.3. The molecule has 1 heterocycles. The Morgan fingerprint density at radius 2 is 1.83 bits per heavy atom. The second-order valence-electron chi connectivity index (χ2n) is 7.42. The maximum absolute atomic E-state index is 9.41. The van der Waals surface area contributed by atoms with E-state index in [0.717, 1.165) is 25.4 Å². The fourth-order valence-corrected chi connectivity index (χ4v) is 4.14. The maximum Gasteiger partial charge on any atom is 0.191 e. The molecule has 1 aromatic carbocycles. The molecule has 1 atom stereocenters. The molecule has 0 spiro atoms. The first-order valence-corrected chi connectivity index (χ1v) is 9.57. The number of guanidine groups is 1. The van der Waals surface area contributed by atoms with Gasteiger partial charge in [0.2, 0.25) is 0 Å². The van der Waals surface area contributed by atoms with Crippen molar-refractivity contribution in [2.45, 2.75) is 63.8 Å². The summed E-state index contributed by atoms with van der Waals surface area (Å²) in [5.74, 6) is 1.99. The number of benzene rings is 1. The molecule has 0 unspecified atom stereocenters. The van der Waals surface area contributed by atoms with Gasteiger partial charge < -0.3 is 15.7 Å². The van der Waals surface area contributed by atoms with Gasteiger partial charge in [-0.2, -0.15) is 0 Å². The smallest absolute Gasteiger partial charge is 0.191 e. The summed E-state index contributed by atoms with van der Waals surface area (Å²) >= 11 is 0. The topological polar surface area (TPSA) is 61.9 Å². The molecule has 0 aromatic heterocycles. The number of phenols is 1. The van der Waals surface area contributed by atoms with Gasteiger partial charge in [0.1, 0.15) is 5.75 Å². The maximum atomic E-state index is 9.41. The molecular formula is C20H31N3O. The summed E-state index contributed by atoms with van der Waals surface area (Å²) < 4.78 is 0. The molecule has 1 aromatic rings. The molecule has 0 bridgehead atoms. The first-order valence-electron chi connectivity index (χ1n) is 9.57. The highest BCUT2D eigenvalue weighted by molar-refractivity contribution is 5.80. The number of nitrogens with two attached hydrogens (primary N) is 1. The van der Waals surface area contributed by atoms with Gasteiger partial charge in [-0.15, -0.1) is 0 Å². The molecule has 4 nitrogen and oxygen atoms in total. The van der Waals surface area contributed by atoms with Crippen LogP contribution in [-0.4, -0.2) is 35.1 Å². The van der Waals surface area contributed by atoms with E-state index in [-0.39, 0.29) is 0 Å². The van der Waals surface area contributed by atoms with Crippen LogP contribution >= 0.6 is 0 Å². The van der Waals surface area contributed by atoms with Gasteiger partial charge in [0.25, 0.3) is 0 Å². The van der Waals surface area contributed by atoms with Crippen molar-refractivity contribution in [2.75, 3.05) is 13.1 Å². The highest BCUT2D eigenvalue weighted by Gasteiger charge is 2.25. The number of nitrogens with zero attached hydrogens (tertiary/aromatic N) is 2. The standard InChI is InChI=1S/C20H31N3O/c21-20-22-15-18(14-17-9-11-19(24)12-10-17)23(20)13-5-4-8-16-6-2-1-3-7-16/h9-12,16,18,24H,1-8,13-15H2,(H2,21,22)/t18-/m0/s1. The summed E-state index contributed by atoms with van der Waals surface area (Å²) in [6.45, 7) is 1.81. The zero-order valence-corrected chi connectivity index (χ0v) is 14.7. The van der Waals surface area contributed by atoms with Gasteiger partial charge in [0.05, 0.1) is 12.6 Å². The average Bonchev–Trinajstić information content (AvgIpc) is 2.95. The number of unbranched alkanes of at least 4 members (excludes halogenated alkanes) is 1. The molecule has 0 radical (unpaired) electrons. The number of phenolic OH excluding ortho intramolecular Hbond substituents is 1. The van der Waals surface area contributed by atoms with E-state index in [1.165, 1.54) is 56.9 Å². The Morgan fingerprint density at radius 3 is 2.58 bits per heavy atom. The molecule has 4 heteroatoms. The summed E-state index contributed by atoms with van der Waals surface area (Å²) in [5.41, 5.74) is 7.34.